The second-order valence-electron chi connectivity index (χ2n) is 6.71. The van der Waals surface area contributed by atoms with E-state index in [9.17, 15) is 9.59 Å². The second kappa shape index (κ2) is 10.5. The molecule has 0 radical (unpaired) electrons. The predicted molar refractivity (Wildman–Crippen MR) is 106 cm³/mol. The lowest BCUT2D eigenvalue weighted by Crippen LogP contribution is -2.22. The molecule has 2 aromatic rings. The van der Waals surface area contributed by atoms with Crippen LogP contribution in [0.25, 0.3) is 0 Å². The zero-order chi connectivity index (χ0) is 19.6. The molecule has 0 N–H and O–H groups in total. The normalized spacial score (nSPS) is 11.7. The Hall–Kier alpha value is -2.62. The molecular weight excluding hydrogens is 340 g/mol. The molecule has 1 unspecified atom stereocenters. The summed E-state index contributed by atoms with van der Waals surface area (Å²) in [6.45, 7) is 5.96. The Morgan fingerprint density at radius 1 is 0.778 bits per heavy atom. The minimum absolute atomic E-state index is 0.0230. The first kappa shape index (κ1) is 20.7. The molecule has 0 spiro atoms. The van der Waals surface area contributed by atoms with Gasteiger partial charge >= 0.3 is 11.9 Å². The van der Waals surface area contributed by atoms with Gasteiger partial charge in [0.25, 0.3) is 0 Å². The van der Waals surface area contributed by atoms with Crippen LogP contribution in [-0.4, -0.2) is 24.6 Å². The molecule has 0 bridgehead atoms. The van der Waals surface area contributed by atoms with Crippen LogP contribution in [0.15, 0.2) is 48.5 Å². The third-order valence-electron chi connectivity index (χ3n) is 4.21. The van der Waals surface area contributed by atoms with Gasteiger partial charge in [-0.2, -0.15) is 0 Å². The number of hydrogen-bond acceptors (Lipinski definition) is 4. The molecule has 2 aromatic carbocycles. The maximum absolute atomic E-state index is 12.2. The number of hydrogen-bond donors (Lipinski definition) is 0. The van der Waals surface area contributed by atoms with Gasteiger partial charge in [-0.25, -0.2) is 9.59 Å². The molecule has 0 aromatic heterocycles. The van der Waals surface area contributed by atoms with Crippen molar-refractivity contribution in [3.8, 4) is 0 Å². The molecule has 27 heavy (non-hydrogen) atoms. The topological polar surface area (TPSA) is 52.6 Å². The Kier molecular flexibility index (Phi) is 8.05. The van der Waals surface area contributed by atoms with Gasteiger partial charge in [0, 0.05) is 0 Å². The molecule has 0 fully saturated rings. The average Bonchev–Trinajstić information content (AvgIpc) is 2.68. The number of benzene rings is 2. The highest BCUT2D eigenvalue weighted by atomic mass is 16.6. The number of ether oxygens (including phenoxy) is 2. The Bertz CT molecular complexity index is 732. The maximum atomic E-state index is 12.2. The summed E-state index contributed by atoms with van der Waals surface area (Å²) in [6, 6.07) is 14.8. The van der Waals surface area contributed by atoms with Gasteiger partial charge in [0.05, 0.1) is 11.1 Å². The van der Waals surface area contributed by atoms with Crippen LogP contribution in [0, 0.1) is 0 Å². The van der Waals surface area contributed by atoms with E-state index >= 15 is 0 Å². The third kappa shape index (κ3) is 6.55. The first-order chi connectivity index (χ1) is 13.0. The van der Waals surface area contributed by atoms with E-state index in [1.54, 1.807) is 31.2 Å². The number of rotatable bonds is 9. The SMILES string of the molecule is CCCc1ccc(C(=O)OCC(C)OC(=O)c2ccc(CCC)cc2)cc1. The fraction of sp³-hybridized carbons (Fsp3) is 0.391. The fourth-order valence-corrected chi connectivity index (χ4v) is 2.75. The Morgan fingerprint density at radius 3 is 1.67 bits per heavy atom. The van der Waals surface area contributed by atoms with E-state index < -0.39 is 18.0 Å². The standard InChI is InChI=1S/C23H28O4/c1-4-6-18-8-12-20(13-9-18)22(24)26-16-17(3)27-23(25)21-14-10-19(7-5-2)11-15-21/h8-15,17H,4-7,16H2,1-3H3. The monoisotopic (exact) mass is 368 g/mol. The van der Waals surface area contributed by atoms with Gasteiger partial charge in [-0.3, -0.25) is 0 Å². The van der Waals surface area contributed by atoms with Gasteiger partial charge in [-0.05, 0) is 55.2 Å². The molecule has 4 nitrogen and oxygen atoms in total. The maximum Gasteiger partial charge on any atom is 0.338 e. The molecule has 0 amide bonds. The van der Waals surface area contributed by atoms with Crippen LogP contribution in [0.1, 0.15) is 65.5 Å². The summed E-state index contributed by atoms with van der Waals surface area (Å²) in [5.41, 5.74) is 3.39. The fourth-order valence-electron chi connectivity index (χ4n) is 2.75. The number of aryl methyl sites for hydroxylation is 2. The summed E-state index contributed by atoms with van der Waals surface area (Å²) in [4.78, 5) is 24.3. The molecule has 0 saturated carbocycles. The van der Waals surface area contributed by atoms with E-state index in [0.717, 1.165) is 25.7 Å². The van der Waals surface area contributed by atoms with E-state index in [4.69, 9.17) is 9.47 Å². The van der Waals surface area contributed by atoms with E-state index in [0.29, 0.717) is 11.1 Å². The molecule has 144 valence electrons. The second-order valence-corrected chi connectivity index (χ2v) is 6.71. The van der Waals surface area contributed by atoms with Gasteiger partial charge < -0.3 is 9.47 Å². The number of carbonyl (C=O) groups is 2. The molecular formula is C23H28O4. The highest BCUT2D eigenvalue weighted by molar-refractivity contribution is 5.90. The van der Waals surface area contributed by atoms with Crippen LogP contribution >= 0.6 is 0 Å². The molecule has 1 atom stereocenters. The smallest absolute Gasteiger partial charge is 0.338 e. The lowest BCUT2D eigenvalue weighted by molar-refractivity contribution is 0.00448. The molecule has 0 aliphatic rings. The van der Waals surface area contributed by atoms with Gasteiger partial charge in [0.1, 0.15) is 12.7 Å². The predicted octanol–water partition coefficient (Wildman–Crippen LogP) is 4.99. The lowest BCUT2D eigenvalue weighted by atomic mass is 10.1. The first-order valence-corrected chi connectivity index (χ1v) is 9.59. The molecule has 2 rings (SSSR count). The average molecular weight is 368 g/mol. The van der Waals surface area contributed by atoms with E-state index in [2.05, 4.69) is 13.8 Å². The van der Waals surface area contributed by atoms with Gasteiger partial charge in [0.2, 0.25) is 0 Å². The highest BCUT2D eigenvalue weighted by Gasteiger charge is 2.15. The Morgan fingerprint density at radius 2 is 1.22 bits per heavy atom. The minimum atomic E-state index is -0.517. The molecule has 0 saturated heterocycles. The van der Waals surface area contributed by atoms with E-state index in [1.807, 2.05) is 24.3 Å². The summed E-state index contributed by atoms with van der Waals surface area (Å²) in [7, 11) is 0. The van der Waals surface area contributed by atoms with E-state index in [-0.39, 0.29) is 6.61 Å². The van der Waals surface area contributed by atoms with Crippen molar-refractivity contribution in [1.29, 1.82) is 0 Å². The molecule has 4 heteroatoms. The van der Waals surface area contributed by atoms with Crippen molar-refractivity contribution in [2.24, 2.45) is 0 Å². The van der Waals surface area contributed by atoms with Crippen LogP contribution in [0.2, 0.25) is 0 Å². The van der Waals surface area contributed by atoms with Crippen molar-refractivity contribution in [2.75, 3.05) is 6.61 Å². The van der Waals surface area contributed by atoms with Crippen molar-refractivity contribution in [1.82, 2.24) is 0 Å². The summed E-state index contributed by atoms with van der Waals surface area (Å²) in [5, 5.41) is 0. The molecule has 0 heterocycles. The Balaban J connectivity index is 1.81. The van der Waals surface area contributed by atoms with Crippen molar-refractivity contribution in [2.45, 2.75) is 52.6 Å². The highest BCUT2D eigenvalue weighted by Crippen LogP contribution is 2.11. The largest absolute Gasteiger partial charge is 0.458 e. The molecule has 0 aliphatic heterocycles. The van der Waals surface area contributed by atoms with Crippen LogP contribution in [0.3, 0.4) is 0 Å². The van der Waals surface area contributed by atoms with Crippen molar-refractivity contribution >= 4 is 11.9 Å². The van der Waals surface area contributed by atoms with Crippen LogP contribution in [-0.2, 0) is 22.3 Å². The van der Waals surface area contributed by atoms with Crippen LogP contribution in [0.5, 0.6) is 0 Å². The van der Waals surface area contributed by atoms with Crippen LogP contribution < -0.4 is 0 Å². The quantitative estimate of drug-likeness (QED) is 0.585. The first-order valence-electron chi connectivity index (χ1n) is 9.59. The summed E-state index contributed by atoms with van der Waals surface area (Å²) >= 11 is 0. The third-order valence-corrected chi connectivity index (χ3v) is 4.21. The Labute approximate surface area is 161 Å². The van der Waals surface area contributed by atoms with E-state index in [1.165, 1.54) is 11.1 Å². The lowest BCUT2D eigenvalue weighted by Gasteiger charge is -2.14. The summed E-state index contributed by atoms with van der Waals surface area (Å²) in [6.07, 6.45) is 3.58. The van der Waals surface area contributed by atoms with Gasteiger partial charge in [0.15, 0.2) is 0 Å². The van der Waals surface area contributed by atoms with Gasteiger partial charge in [-0.1, -0.05) is 51.0 Å². The minimum Gasteiger partial charge on any atom is -0.458 e. The molecule has 0 aliphatic carbocycles. The van der Waals surface area contributed by atoms with Crippen molar-refractivity contribution in [3.63, 3.8) is 0 Å². The number of esters is 2. The van der Waals surface area contributed by atoms with Crippen molar-refractivity contribution in [3.05, 3.63) is 70.8 Å². The zero-order valence-electron chi connectivity index (χ0n) is 16.4. The van der Waals surface area contributed by atoms with Crippen molar-refractivity contribution < 1.29 is 19.1 Å². The number of carbonyl (C=O) groups excluding carboxylic acids is 2. The van der Waals surface area contributed by atoms with Gasteiger partial charge in [-0.15, -0.1) is 0 Å². The van der Waals surface area contributed by atoms with Crippen LogP contribution in [0.4, 0.5) is 0 Å². The summed E-state index contributed by atoms with van der Waals surface area (Å²) in [5.74, 6) is -0.824. The summed E-state index contributed by atoms with van der Waals surface area (Å²) < 4.78 is 10.6. The zero-order valence-corrected chi connectivity index (χ0v) is 16.4.